The van der Waals surface area contributed by atoms with E-state index in [0.29, 0.717) is 45.6 Å². The van der Waals surface area contributed by atoms with E-state index in [2.05, 4.69) is 22.2 Å². The number of hydrogen-bond acceptors (Lipinski definition) is 7. The fourth-order valence-electron chi connectivity index (χ4n) is 5.33. The molecule has 0 unspecified atom stereocenters. The molecular formula is C34H22F6N4O3. The van der Waals surface area contributed by atoms with E-state index in [1.807, 2.05) is 6.07 Å². The van der Waals surface area contributed by atoms with Crippen LogP contribution in [0.2, 0.25) is 0 Å². The Morgan fingerprint density at radius 3 is 2.17 bits per heavy atom. The highest BCUT2D eigenvalue weighted by Crippen LogP contribution is 2.39. The molecule has 6 aromatic rings. The predicted molar refractivity (Wildman–Crippen MR) is 167 cm³/mol. The number of anilines is 3. The van der Waals surface area contributed by atoms with Crippen molar-refractivity contribution in [2.45, 2.75) is 18.4 Å². The third-order valence-corrected chi connectivity index (χ3v) is 7.65. The molecule has 13 heteroatoms. The van der Waals surface area contributed by atoms with Crippen LogP contribution in [0.3, 0.4) is 0 Å². The first kappa shape index (κ1) is 31.3. The van der Waals surface area contributed by atoms with Crippen LogP contribution in [-0.2, 0) is 12.4 Å². The molecule has 47 heavy (non-hydrogen) atoms. The second-order valence-electron chi connectivity index (χ2n) is 10.5. The molecule has 2 heterocycles. The quantitative estimate of drug-likeness (QED) is 0.128. The Hall–Kier alpha value is -5.72. The molecule has 0 fully saturated rings. The second kappa shape index (κ2) is 11.6. The second-order valence-corrected chi connectivity index (χ2v) is 10.5. The largest absolute Gasteiger partial charge is 0.497 e. The van der Waals surface area contributed by atoms with Crippen LogP contribution in [0.1, 0.15) is 34.0 Å². The van der Waals surface area contributed by atoms with E-state index in [1.54, 1.807) is 54.6 Å². The van der Waals surface area contributed by atoms with Gasteiger partial charge in [0, 0.05) is 22.7 Å². The summed E-state index contributed by atoms with van der Waals surface area (Å²) < 4.78 is 86.4. The van der Waals surface area contributed by atoms with Crippen LogP contribution in [0.15, 0.2) is 95.2 Å². The minimum Gasteiger partial charge on any atom is -0.497 e. The average Bonchev–Trinajstić information content (AvgIpc) is 3.05. The van der Waals surface area contributed by atoms with Gasteiger partial charge >= 0.3 is 12.4 Å². The summed E-state index contributed by atoms with van der Waals surface area (Å²) in [4.78, 5) is 34.9. The molecule has 0 radical (unpaired) electrons. The summed E-state index contributed by atoms with van der Waals surface area (Å²) in [5.41, 5.74) is -3.98. The number of hydrogen-bond donors (Lipinski definition) is 2. The van der Waals surface area contributed by atoms with Gasteiger partial charge in [-0.2, -0.15) is 26.3 Å². The molecule has 0 bridgehead atoms. The molecule has 2 N–H and O–H groups in total. The number of benzene rings is 3. The molecule has 0 aliphatic heterocycles. The lowest BCUT2D eigenvalue weighted by molar-refractivity contribution is -0.143. The van der Waals surface area contributed by atoms with Crippen LogP contribution >= 0.6 is 0 Å². The lowest BCUT2D eigenvalue weighted by atomic mass is 9.96. The molecule has 6 rings (SSSR count). The van der Waals surface area contributed by atoms with Crippen molar-refractivity contribution in [3.05, 3.63) is 134 Å². The highest BCUT2D eigenvalue weighted by molar-refractivity contribution is 5.89. The minimum atomic E-state index is -5.12. The number of aromatic nitrogens is 2. The van der Waals surface area contributed by atoms with Gasteiger partial charge in [-0.1, -0.05) is 30.9 Å². The molecule has 2 aromatic heterocycles. The lowest BCUT2D eigenvalue weighted by Crippen LogP contribution is -2.37. The van der Waals surface area contributed by atoms with Crippen LogP contribution in [0, 0.1) is 0 Å². The number of pyridine rings is 2. The summed E-state index contributed by atoms with van der Waals surface area (Å²) in [5, 5.41) is 6.70. The van der Waals surface area contributed by atoms with Gasteiger partial charge in [-0.25, -0.2) is 0 Å². The van der Waals surface area contributed by atoms with E-state index in [4.69, 9.17) is 9.72 Å². The number of ether oxygens (including phenoxy) is 1. The molecule has 7 nitrogen and oxygen atoms in total. The van der Waals surface area contributed by atoms with E-state index in [-0.39, 0.29) is 11.8 Å². The van der Waals surface area contributed by atoms with Crippen molar-refractivity contribution in [3.63, 3.8) is 0 Å². The fraction of sp³-hybridized carbons (Fsp3) is 0.118. The van der Waals surface area contributed by atoms with Crippen LogP contribution < -0.4 is 26.2 Å². The van der Waals surface area contributed by atoms with Crippen LogP contribution in [0.5, 0.6) is 5.75 Å². The normalized spacial score (nSPS) is 12.7. The van der Waals surface area contributed by atoms with Crippen LogP contribution in [-0.4, -0.2) is 17.1 Å². The topological polar surface area (TPSA) is 93.2 Å². The monoisotopic (exact) mass is 648 g/mol. The van der Waals surface area contributed by atoms with Crippen molar-refractivity contribution in [1.82, 2.24) is 9.97 Å². The van der Waals surface area contributed by atoms with Gasteiger partial charge in [0.15, 0.2) is 0 Å². The maximum Gasteiger partial charge on any atom is 0.416 e. The number of nitrogens with zero attached hydrogens (tertiary/aromatic N) is 2. The fourth-order valence-corrected chi connectivity index (χ4v) is 5.33. The molecule has 238 valence electrons. The third-order valence-electron chi connectivity index (χ3n) is 7.65. The summed E-state index contributed by atoms with van der Waals surface area (Å²) in [6.45, 7) is 3.82. The van der Waals surface area contributed by atoms with Crippen molar-refractivity contribution in [2.24, 2.45) is 0 Å². The smallest absolute Gasteiger partial charge is 0.416 e. The van der Waals surface area contributed by atoms with Gasteiger partial charge in [-0.15, -0.1) is 0 Å². The van der Waals surface area contributed by atoms with Gasteiger partial charge in [-0.05, 0) is 65.7 Å². The van der Waals surface area contributed by atoms with Crippen molar-refractivity contribution >= 4 is 44.9 Å². The summed E-state index contributed by atoms with van der Waals surface area (Å²) in [5.74, 6) is 0.495. The van der Waals surface area contributed by atoms with Crippen molar-refractivity contribution in [1.29, 1.82) is 0 Å². The van der Waals surface area contributed by atoms with Gasteiger partial charge in [0.05, 0.1) is 41.0 Å². The van der Waals surface area contributed by atoms with Gasteiger partial charge in [0.2, 0.25) is 0 Å². The molecule has 0 amide bonds. The van der Waals surface area contributed by atoms with E-state index < -0.39 is 51.8 Å². The summed E-state index contributed by atoms with van der Waals surface area (Å²) in [6, 6.07) is 15.6. The number of methoxy groups -OCH3 is 1. The Balaban J connectivity index is 1.49. The Bertz CT molecular complexity index is 2220. The van der Waals surface area contributed by atoms with Gasteiger partial charge in [-0.3, -0.25) is 19.6 Å². The number of rotatable bonds is 8. The maximum atomic E-state index is 13.5. The number of halogens is 6. The van der Waals surface area contributed by atoms with Crippen LogP contribution in [0.25, 0.3) is 27.9 Å². The van der Waals surface area contributed by atoms with Crippen molar-refractivity contribution < 1.29 is 31.1 Å². The molecule has 0 aliphatic rings. The van der Waals surface area contributed by atoms with Gasteiger partial charge < -0.3 is 15.4 Å². The van der Waals surface area contributed by atoms with Gasteiger partial charge in [0.25, 0.3) is 10.9 Å². The first-order chi connectivity index (χ1) is 22.3. The van der Waals surface area contributed by atoms with E-state index in [9.17, 15) is 35.9 Å². The van der Waals surface area contributed by atoms with Crippen molar-refractivity contribution in [3.8, 4) is 5.75 Å². The van der Waals surface area contributed by atoms with E-state index in [1.165, 1.54) is 13.3 Å². The zero-order valence-electron chi connectivity index (χ0n) is 24.3. The number of alkyl halides is 6. The Kier molecular flexibility index (Phi) is 7.70. The van der Waals surface area contributed by atoms with Crippen LogP contribution in [0.4, 0.5) is 43.4 Å². The molecule has 0 aliphatic carbocycles. The SMILES string of the molecule is C=Cc1cccc2nc([C@H](Nc3c(Nc4cc(C(F)(F)F)cc(C(F)(F)F)c4)c(=O)c3=O)c3ccnc4ccc(OC)cc34)ccc12. The third kappa shape index (κ3) is 5.87. The average molecular weight is 649 g/mol. The zero-order chi connectivity index (χ0) is 33.7. The first-order valence-corrected chi connectivity index (χ1v) is 13.9. The Labute approximate surface area is 261 Å². The minimum absolute atomic E-state index is 0.0332. The Morgan fingerprint density at radius 2 is 1.51 bits per heavy atom. The van der Waals surface area contributed by atoms with Crippen molar-refractivity contribution in [2.75, 3.05) is 17.7 Å². The molecule has 0 saturated carbocycles. The van der Waals surface area contributed by atoms with Gasteiger partial charge in [0.1, 0.15) is 17.1 Å². The van der Waals surface area contributed by atoms with E-state index >= 15 is 0 Å². The lowest BCUT2D eigenvalue weighted by Gasteiger charge is -2.24. The molecule has 0 spiro atoms. The summed E-state index contributed by atoms with van der Waals surface area (Å²) in [6.07, 6.45) is -7.04. The number of nitrogens with one attached hydrogen (secondary N) is 2. The molecule has 0 saturated heterocycles. The maximum absolute atomic E-state index is 13.5. The standard InChI is InChI=1S/C34H22F6N4O3/c1-3-17-5-4-6-26-22(17)8-10-27(43-26)28(23-11-12-41-25-9-7-21(47-2)16-24(23)25)44-30-29(31(45)32(30)46)42-20-14-18(33(35,36)37)13-19(15-20)34(38,39)40/h3-16,28,42,44H,1H2,2H3/t28-/m1/s1. The highest BCUT2D eigenvalue weighted by Gasteiger charge is 2.37. The first-order valence-electron chi connectivity index (χ1n) is 13.9. The number of fused-ring (bicyclic) bond motifs is 2. The summed E-state index contributed by atoms with van der Waals surface area (Å²) in [7, 11) is 1.48. The predicted octanol–water partition coefficient (Wildman–Crippen LogP) is 8.01. The zero-order valence-corrected chi connectivity index (χ0v) is 24.3. The molecule has 1 atom stereocenters. The van der Waals surface area contributed by atoms with E-state index in [0.717, 1.165) is 10.9 Å². The Morgan fingerprint density at radius 1 is 0.809 bits per heavy atom. The molecule has 4 aromatic carbocycles. The highest BCUT2D eigenvalue weighted by atomic mass is 19.4. The molecular weight excluding hydrogens is 626 g/mol. The summed E-state index contributed by atoms with van der Waals surface area (Å²) >= 11 is 0.